The third kappa shape index (κ3) is 2.63. The number of hydrogen-bond donors (Lipinski definition) is 1. The molecule has 0 fully saturated rings. The lowest BCUT2D eigenvalue weighted by Crippen LogP contribution is -2.23. The van der Waals surface area contributed by atoms with E-state index in [0.29, 0.717) is 27.4 Å². The van der Waals surface area contributed by atoms with Gasteiger partial charge in [0, 0.05) is 11.0 Å². The predicted molar refractivity (Wildman–Crippen MR) is 63.7 cm³/mol. The molecule has 5 heteroatoms. The van der Waals surface area contributed by atoms with E-state index in [0.717, 1.165) is 0 Å². The lowest BCUT2D eigenvalue weighted by molar-refractivity contribution is 0.0955. The van der Waals surface area contributed by atoms with Gasteiger partial charge >= 0.3 is 0 Å². The number of amides is 1. The molecular formula is C10H11BrClNO2. The second kappa shape index (κ2) is 5.37. The van der Waals surface area contributed by atoms with Gasteiger partial charge in [-0.25, -0.2) is 0 Å². The molecule has 0 saturated heterocycles. The average Bonchev–Trinajstić information content (AvgIpc) is 2.18. The van der Waals surface area contributed by atoms with E-state index >= 15 is 0 Å². The Hall–Kier alpha value is -0.740. The minimum Gasteiger partial charge on any atom is -0.495 e. The van der Waals surface area contributed by atoms with Crippen molar-refractivity contribution in [1.82, 2.24) is 5.32 Å². The summed E-state index contributed by atoms with van der Waals surface area (Å²) >= 11 is 9.31. The van der Waals surface area contributed by atoms with E-state index < -0.39 is 0 Å². The molecule has 1 rings (SSSR count). The van der Waals surface area contributed by atoms with E-state index in [-0.39, 0.29) is 5.91 Å². The molecule has 0 aliphatic rings. The number of hydrogen-bond acceptors (Lipinski definition) is 2. The largest absolute Gasteiger partial charge is 0.495 e. The normalized spacial score (nSPS) is 9.87. The summed E-state index contributed by atoms with van der Waals surface area (Å²) in [7, 11) is 1.51. The summed E-state index contributed by atoms with van der Waals surface area (Å²) in [5.74, 6) is 0.273. The highest BCUT2D eigenvalue weighted by Crippen LogP contribution is 2.33. The van der Waals surface area contributed by atoms with E-state index in [9.17, 15) is 4.79 Å². The Labute approximate surface area is 102 Å². The van der Waals surface area contributed by atoms with Crippen molar-refractivity contribution < 1.29 is 9.53 Å². The van der Waals surface area contributed by atoms with Crippen molar-refractivity contribution in [2.24, 2.45) is 0 Å². The van der Waals surface area contributed by atoms with Crippen molar-refractivity contribution in [3.05, 3.63) is 27.2 Å². The van der Waals surface area contributed by atoms with Gasteiger partial charge in [0.05, 0.1) is 17.7 Å². The molecule has 1 N–H and O–H groups in total. The highest BCUT2D eigenvalue weighted by atomic mass is 79.9. The molecule has 0 aliphatic heterocycles. The molecule has 0 radical (unpaired) electrons. The Morgan fingerprint density at radius 2 is 2.27 bits per heavy atom. The molecule has 1 amide bonds. The molecule has 1 aromatic rings. The number of benzene rings is 1. The minimum absolute atomic E-state index is 0.215. The SMILES string of the molecule is CCNC(=O)c1c(Br)ccc(OC)c1Cl. The lowest BCUT2D eigenvalue weighted by Gasteiger charge is -2.10. The molecule has 0 aromatic heterocycles. The first kappa shape index (κ1) is 12.3. The molecular weight excluding hydrogens is 281 g/mol. The van der Waals surface area contributed by atoms with Crippen LogP contribution in [-0.4, -0.2) is 19.6 Å². The van der Waals surface area contributed by atoms with Gasteiger partial charge in [-0.05, 0) is 35.0 Å². The van der Waals surface area contributed by atoms with Gasteiger partial charge in [0.1, 0.15) is 5.75 Å². The fraction of sp³-hybridized carbons (Fsp3) is 0.300. The smallest absolute Gasteiger partial charge is 0.254 e. The Morgan fingerprint density at radius 3 is 2.80 bits per heavy atom. The van der Waals surface area contributed by atoms with Gasteiger partial charge in [-0.2, -0.15) is 0 Å². The summed E-state index contributed by atoms with van der Waals surface area (Å²) in [4.78, 5) is 11.7. The molecule has 15 heavy (non-hydrogen) atoms. The van der Waals surface area contributed by atoms with Crippen LogP contribution in [0.4, 0.5) is 0 Å². The van der Waals surface area contributed by atoms with Crippen molar-refractivity contribution >= 4 is 33.4 Å². The summed E-state index contributed by atoms with van der Waals surface area (Å²) in [6.07, 6.45) is 0. The number of methoxy groups -OCH3 is 1. The monoisotopic (exact) mass is 291 g/mol. The van der Waals surface area contributed by atoms with Crippen LogP contribution in [0.25, 0.3) is 0 Å². The second-order valence-electron chi connectivity index (χ2n) is 2.80. The lowest BCUT2D eigenvalue weighted by atomic mass is 10.2. The molecule has 0 aliphatic carbocycles. The van der Waals surface area contributed by atoms with E-state index in [1.165, 1.54) is 7.11 Å². The van der Waals surface area contributed by atoms with Crippen molar-refractivity contribution in [2.75, 3.05) is 13.7 Å². The zero-order chi connectivity index (χ0) is 11.4. The maximum Gasteiger partial charge on any atom is 0.254 e. The van der Waals surface area contributed by atoms with E-state index in [2.05, 4.69) is 21.2 Å². The Balaban J connectivity index is 3.20. The van der Waals surface area contributed by atoms with E-state index in [4.69, 9.17) is 16.3 Å². The van der Waals surface area contributed by atoms with Crippen LogP contribution in [0, 0.1) is 0 Å². The van der Waals surface area contributed by atoms with Crippen LogP contribution in [0.5, 0.6) is 5.75 Å². The van der Waals surface area contributed by atoms with Crippen molar-refractivity contribution in [1.29, 1.82) is 0 Å². The highest BCUT2D eigenvalue weighted by Gasteiger charge is 2.17. The zero-order valence-corrected chi connectivity index (χ0v) is 10.8. The zero-order valence-electron chi connectivity index (χ0n) is 8.43. The summed E-state index contributed by atoms with van der Waals surface area (Å²) in [5.41, 5.74) is 0.401. The third-order valence-corrected chi connectivity index (χ3v) is 2.88. The summed E-state index contributed by atoms with van der Waals surface area (Å²) in [6.45, 7) is 2.40. The average molecular weight is 293 g/mol. The predicted octanol–water partition coefficient (Wildman–Crippen LogP) is 2.86. The number of nitrogens with one attached hydrogen (secondary N) is 1. The summed E-state index contributed by atoms with van der Waals surface area (Å²) in [5, 5.41) is 3.00. The van der Waals surface area contributed by atoms with Crippen LogP contribution in [0.1, 0.15) is 17.3 Å². The van der Waals surface area contributed by atoms with Crippen LogP contribution in [0.15, 0.2) is 16.6 Å². The number of carbonyl (C=O) groups is 1. The van der Waals surface area contributed by atoms with Crippen LogP contribution < -0.4 is 10.1 Å². The van der Waals surface area contributed by atoms with Gasteiger partial charge in [-0.3, -0.25) is 4.79 Å². The molecule has 0 heterocycles. The van der Waals surface area contributed by atoms with Gasteiger partial charge in [-0.1, -0.05) is 11.6 Å². The minimum atomic E-state index is -0.215. The van der Waals surface area contributed by atoms with Gasteiger partial charge in [0.25, 0.3) is 5.91 Å². The number of halogens is 2. The molecule has 0 atom stereocenters. The maximum absolute atomic E-state index is 11.7. The molecule has 3 nitrogen and oxygen atoms in total. The first-order chi connectivity index (χ1) is 7.11. The van der Waals surface area contributed by atoms with Crippen molar-refractivity contribution in [3.8, 4) is 5.75 Å². The molecule has 0 bridgehead atoms. The van der Waals surface area contributed by atoms with Crippen LogP contribution in [0.3, 0.4) is 0 Å². The Kier molecular flexibility index (Phi) is 4.42. The topological polar surface area (TPSA) is 38.3 Å². The van der Waals surface area contributed by atoms with Crippen LogP contribution in [0.2, 0.25) is 5.02 Å². The Morgan fingerprint density at radius 1 is 1.60 bits per heavy atom. The van der Waals surface area contributed by atoms with Crippen molar-refractivity contribution in [2.45, 2.75) is 6.92 Å². The Bertz CT molecular complexity index is 382. The van der Waals surface area contributed by atoms with Gasteiger partial charge in [0.15, 0.2) is 0 Å². The van der Waals surface area contributed by atoms with Gasteiger partial charge in [0.2, 0.25) is 0 Å². The van der Waals surface area contributed by atoms with E-state index in [1.807, 2.05) is 6.92 Å². The first-order valence-corrected chi connectivity index (χ1v) is 5.59. The number of carbonyl (C=O) groups excluding carboxylic acids is 1. The fourth-order valence-corrected chi connectivity index (χ4v) is 2.10. The third-order valence-electron chi connectivity index (χ3n) is 1.84. The molecule has 1 aromatic carbocycles. The first-order valence-electron chi connectivity index (χ1n) is 4.42. The van der Waals surface area contributed by atoms with E-state index in [1.54, 1.807) is 12.1 Å². The molecule has 0 spiro atoms. The van der Waals surface area contributed by atoms with Gasteiger partial charge < -0.3 is 10.1 Å². The molecule has 0 unspecified atom stereocenters. The number of ether oxygens (including phenoxy) is 1. The van der Waals surface area contributed by atoms with Crippen LogP contribution in [-0.2, 0) is 0 Å². The standard InChI is InChI=1S/C10H11BrClNO2/c1-3-13-10(14)8-6(11)4-5-7(15-2)9(8)12/h4-5H,3H2,1-2H3,(H,13,14). The van der Waals surface area contributed by atoms with Gasteiger partial charge in [-0.15, -0.1) is 0 Å². The fourth-order valence-electron chi connectivity index (χ4n) is 1.15. The second-order valence-corrected chi connectivity index (χ2v) is 4.03. The number of rotatable bonds is 3. The quantitative estimate of drug-likeness (QED) is 0.930. The van der Waals surface area contributed by atoms with Crippen molar-refractivity contribution in [3.63, 3.8) is 0 Å². The summed E-state index contributed by atoms with van der Waals surface area (Å²) in [6, 6.07) is 3.43. The maximum atomic E-state index is 11.7. The summed E-state index contributed by atoms with van der Waals surface area (Å²) < 4.78 is 5.69. The molecule has 82 valence electrons. The highest BCUT2D eigenvalue weighted by molar-refractivity contribution is 9.10. The molecule has 0 saturated carbocycles. The van der Waals surface area contributed by atoms with Crippen LogP contribution >= 0.6 is 27.5 Å².